The number of hydrogen-bond acceptors (Lipinski definition) is 6. The molecule has 27 heavy (non-hydrogen) atoms. The van der Waals surface area contributed by atoms with Crippen LogP contribution in [0.2, 0.25) is 0 Å². The van der Waals surface area contributed by atoms with E-state index >= 15 is 0 Å². The first-order valence-corrected chi connectivity index (χ1v) is 8.93. The van der Waals surface area contributed by atoms with Crippen molar-refractivity contribution in [2.45, 2.75) is 19.5 Å². The summed E-state index contributed by atoms with van der Waals surface area (Å²) in [6.45, 7) is 5.96. The van der Waals surface area contributed by atoms with E-state index in [1.54, 1.807) is 30.1 Å². The van der Waals surface area contributed by atoms with Gasteiger partial charge in [0.25, 0.3) is 0 Å². The number of rotatable bonds is 6. The minimum Gasteiger partial charge on any atom is -0.379 e. The second-order valence-electron chi connectivity index (χ2n) is 6.53. The van der Waals surface area contributed by atoms with Crippen LogP contribution in [0.25, 0.3) is 11.4 Å². The van der Waals surface area contributed by atoms with Crippen molar-refractivity contribution in [2.75, 3.05) is 39.9 Å². The molecule has 1 N–H and O–H groups in total. The standard InChI is InChI=1S/C18H24FN5O3/c1-13(24-7-9-26-10-8-24)12-23(2)18(25)20-11-16-21-17(22-27-16)14-5-3-4-6-15(14)19/h3-6,13H,7-12H2,1-2H3,(H,20,25)/t13-/m1/s1. The first-order valence-electron chi connectivity index (χ1n) is 8.93. The van der Waals surface area contributed by atoms with Crippen LogP contribution in [0.3, 0.4) is 0 Å². The molecule has 0 radical (unpaired) electrons. The minimum atomic E-state index is -0.425. The number of morpholine rings is 1. The zero-order valence-corrected chi connectivity index (χ0v) is 15.5. The summed E-state index contributed by atoms with van der Waals surface area (Å²) in [7, 11) is 1.74. The molecule has 2 heterocycles. The second kappa shape index (κ2) is 8.92. The van der Waals surface area contributed by atoms with Crippen LogP contribution < -0.4 is 5.32 Å². The highest BCUT2D eigenvalue weighted by molar-refractivity contribution is 5.73. The van der Waals surface area contributed by atoms with E-state index in [9.17, 15) is 9.18 Å². The highest BCUT2D eigenvalue weighted by Gasteiger charge is 2.20. The molecule has 1 aliphatic heterocycles. The number of likely N-dealkylation sites (N-methyl/N-ethyl adjacent to an activating group) is 1. The molecule has 0 unspecified atom stereocenters. The van der Waals surface area contributed by atoms with Crippen molar-refractivity contribution in [3.05, 3.63) is 36.0 Å². The van der Waals surface area contributed by atoms with Gasteiger partial charge in [-0.1, -0.05) is 17.3 Å². The van der Waals surface area contributed by atoms with Crippen LogP contribution in [0.5, 0.6) is 0 Å². The van der Waals surface area contributed by atoms with Crippen molar-refractivity contribution >= 4 is 6.03 Å². The molecular formula is C18H24FN5O3. The minimum absolute atomic E-state index is 0.0799. The maximum atomic E-state index is 13.8. The smallest absolute Gasteiger partial charge is 0.317 e. The lowest BCUT2D eigenvalue weighted by atomic mass is 10.2. The number of nitrogens with one attached hydrogen (secondary N) is 1. The number of hydrogen-bond donors (Lipinski definition) is 1. The predicted octanol–water partition coefficient (Wildman–Crippen LogP) is 1.74. The maximum Gasteiger partial charge on any atom is 0.317 e. The Balaban J connectivity index is 1.49. The van der Waals surface area contributed by atoms with Crippen molar-refractivity contribution in [1.29, 1.82) is 0 Å². The Hall–Kier alpha value is -2.52. The summed E-state index contributed by atoms with van der Waals surface area (Å²) in [4.78, 5) is 20.3. The fraction of sp³-hybridized carbons (Fsp3) is 0.500. The molecule has 146 valence electrons. The van der Waals surface area contributed by atoms with Crippen molar-refractivity contribution in [3.63, 3.8) is 0 Å². The van der Waals surface area contributed by atoms with Crippen LogP contribution in [0.4, 0.5) is 9.18 Å². The van der Waals surface area contributed by atoms with Crippen LogP contribution in [0, 0.1) is 5.82 Å². The SMILES string of the molecule is C[C@H](CN(C)C(=O)NCc1nc(-c2ccccc2F)no1)N1CCOCC1. The summed E-state index contributed by atoms with van der Waals surface area (Å²) in [6, 6.07) is 6.19. The molecule has 1 saturated heterocycles. The summed E-state index contributed by atoms with van der Waals surface area (Å²) in [5.74, 6) is -0.0476. The Kier molecular flexibility index (Phi) is 6.36. The van der Waals surface area contributed by atoms with E-state index in [4.69, 9.17) is 9.26 Å². The Labute approximate surface area is 157 Å². The first kappa shape index (κ1) is 19.2. The molecule has 0 saturated carbocycles. The molecule has 8 nitrogen and oxygen atoms in total. The molecule has 0 spiro atoms. The van der Waals surface area contributed by atoms with Gasteiger partial charge in [-0.05, 0) is 19.1 Å². The fourth-order valence-corrected chi connectivity index (χ4v) is 2.98. The summed E-state index contributed by atoms with van der Waals surface area (Å²) < 4.78 is 24.2. The average Bonchev–Trinajstić information content (AvgIpc) is 3.15. The van der Waals surface area contributed by atoms with Gasteiger partial charge in [0.05, 0.1) is 25.3 Å². The normalized spacial score (nSPS) is 16.1. The predicted molar refractivity (Wildman–Crippen MR) is 96.4 cm³/mol. The number of carbonyl (C=O) groups is 1. The number of carbonyl (C=O) groups excluding carboxylic acids is 1. The van der Waals surface area contributed by atoms with Crippen LogP contribution in [-0.2, 0) is 11.3 Å². The second-order valence-corrected chi connectivity index (χ2v) is 6.53. The van der Waals surface area contributed by atoms with Gasteiger partial charge in [-0.3, -0.25) is 4.90 Å². The average molecular weight is 377 g/mol. The lowest BCUT2D eigenvalue weighted by Crippen LogP contribution is -2.49. The zero-order valence-electron chi connectivity index (χ0n) is 15.5. The summed E-state index contributed by atoms with van der Waals surface area (Å²) in [5, 5.41) is 6.51. The number of aromatic nitrogens is 2. The topological polar surface area (TPSA) is 83.7 Å². The Morgan fingerprint density at radius 1 is 1.37 bits per heavy atom. The molecule has 1 aliphatic rings. The van der Waals surface area contributed by atoms with Gasteiger partial charge in [0, 0.05) is 32.7 Å². The molecule has 1 aromatic carbocycles. The molecule has 2 amide bonds. The third-order valence-corrected chi connectivity index (χ3v) is 4.53. The lowest BCUT2D eigenvalue weighted by Gasteiger charge is -2.34. The molecule has 1 atom stereocenters. The summed E-state index contributed by atoms with van der Waals surface area (Å²) >= 11 is 0. The fourth-order valence-electron chi connectivity index (χ4n) is 2.98. The van der Waals surface area contributed by atoms with E-state index < -0.39 is 5.82 Å². The molecule has 0 bridgehead atoms. The molecule has 2 aromatic rings. The van der Waals surface area contributed by atoms with Crippen molar-refractivity contribution in [3.8, 4) is 11.4 Å². The van der Waals surface area contributed by atoms with Gasteiger partial charge in [0.1, 0.15) is 5.82 Å². The highest BCUT2D eigenvalue weighted by Crippen LogP contribution is 2.19. The summed E-state index contributed by atoms with van der Waals surface area (Å²) in [5.41, 5.74) is 0.260. The first-order chi connectivity index (χ1) is 13.0. The van der Waals surface area contributed by atoms with E-state index in [0.29, 0.717) is 6.54 Å². The number of benzene rings is 1. The van der Waals surface area contributed by atoms with Crippen molar-refractivity contribution < 1.29 is 18.4 Å². The number of urea groups is 1. The molecule has 3 rings (SSSR count). The van der Waals surface area contributed by atoms with E-state index in [-0.39, 0.29) is 35.9 Å². The lowest BCUT2D eigenvalue weighted by molar-refractivity contribution is 0.0161. The van der Waals surface area contributed by atoms with Gasteiger partial charge in [0.2, 0.25) is 11.7 Å². The Morgan fingerprint density at radius 3 is 2.85 bits per heavy atom. The van der Waals surface area contributed by atoms with Gasteiger partial charge >= 0.3 is 6.03 Å². The third kappa shape index (κ3) is 5.01. The number of halogens is 1. The van der Waals surface area contributed by atoms with Crippen LogP contribution in [0.1, 0.15) is 12.8 Å². The Morgan fingerprint density at radius 2 is 2.11 bits per heavy atom. The van der Waals surface area contributed by atoms with Gasteiger partial charge < -0.3 is 19.5 Å². The number of nitrogens with zero attached hydrogens (tertiary/aromatic N) is 4. The molecule has 1 fully saturated rings. The van der Waals surface area contributed by atoms with Gasteiger partial charge in [0.15, 0.2) is 0 Å². The van der Waals surface area contributed by atoms with E-state index in [2.05, 4.69) is 27.3 Å². The van der Waals surface area contributed by atoms with E-state index in [1.807, 2.05) is 0 Å². The van der Waals surface area contributed by atoms with E-state index in [0.717, 1.165) is 26.3 Å². The highest BCUT2D eigenvalue weighted by atomic mass is 19.1. The molecule has 1 aromatic heterocycles. The molecule has 9 heteroatoms. The van der Waals surface area contributed by atoms with Gasteiger partial charge in [-0.25, -0.2) is 9.18 Å². The Bertz CT molecular complexity index is 763. The van der Waals surface area contributed by atoms with E-state index in [1.165, 1.54) is 6.07 Å². The monoisotopic (exact) mass is 377 g/mol. The van der Waals surface area contributed by atoms with Crippen LogP contribution in [-0.4, -0.2) is 71.9 Å². The maximum absolute atomic E-state index is 13.8. The quantitative estimate of drug-likeness (QED) is 0.826. The van der Waals surface area contributed by atoms with Gasteiger partial charge in [-0.2, -0.15) is 4.98 Å². The van der Waals surface area contributed by atoms with Crippen LogP contribution in [0.15, 0.2) is 28.8 Å². The zero-order chi connectivity index (χ0) is 19.2. The van der Waals surface area contributed by atoms with Gasteiger partial charge in [-0.15, -0.1) is 0 Å². The third-order valence-electron chi connectivity index (χ3n) is 4.53. The van der Waals surface area contributed by atoms with Crippen molar-refractivity contribution in [2.24, 2.45) is 0 Å². The summed E-state index contributed by atoms with van der Waals surface area (Å²) in [6.07, 6.45) is 0. The number of amides is 2. The molecule has 0 aliphatic carbocycles. The molecular weight excluding hydrogens is 353 g/mol. The largest absolute Gasteiger partial charge is 0.379 e. The number of ether oxygens (including phenoxy) is 1. The van der Waals surface area contributed by atoms with Crippen LogP contribution >= 0.6 is 0 Å². The van der Waals surface area contributed by atoms with Crippen molar-refractivity contribution in [1.82, 2.24) is 25.3 Å².